The van der Waals surface area contributed by atoms with Gasteiger partial charge in [-0.05, 0) is 11.5 Å². The number of hydrogen-bond donors (Lipinski definition) is 3. The maximum atomic E-state index is 12.7. The molecule has 7 nitrogen and oxygen atoms in total. The van der Waals surface area contributed by atoms with E-state index < -0.39 is 17.2 Å². The predicted molar refractivity (Wildman–Crippen MR) is 108 cm³/mol. The van der Waals surface area contributed by atoms with Crippen molar-refractivity contribution in [2.75, 3.05) is 0 Å². The summed E-state index contributed by atoms with van der Waals surface area (Å²) >= 11 is 2.47. The molecule has 140 valence electrons. The lowest BCUT2D eigenvalue weighted by molar-refractivity contribution is -0.120. The summed E-state index contributed by atoms with van der Waals surface area (Å²) in [5.74, 6) is -0.611. The Morgan fingerprint density at radius 3 is 2.59 bits per heavy atom. The first-order chi connectivity index (χ1) is 12.9. The van der Waals surface area contributed by atoms with E-state index in [0.29, 0.717) is 15.4 Å². The Balaban J connectivity index is 1.96. The van der Waals surface area contributed by atoms with E-state index in [0.717, 1.165) is 22.9 Å². The number of nitrogens with one attached hydrogen (secondary N) is 2. The van der Waals surface area contributed by atoms with Gasteiger partial charge in [-0.3, -0.25) is 14.9 Å². The van der Waals surface area contributed by atoms with E-state index in [-0.39, 0.29) is 11.5 Å². The van der Waals surface area contributed by atoms with Crippen molar-refractivity contribution in [1.82, 2.24) is 15.3 Å². The van der Waals surface area contributed by atoms with E-state index >= 15 is 0 Å². The molecular weight excluding hydrogens is 384 g/mol. The van der Waals surface area contributed by atoms with Crippen LogP contribution in [0.25, 0.3) is 21.3 Å². The van der Waals surface area contributed by atoms with Gasteiger partial charge in [0.05, 0.1) is 10.6 Å². The van der Waals surface area contributed by atoms with Crippen molar-refractivity contribution in [2.24, 2.45) is 11.7 Å². The molecule has 0 aliphatic rings. The number of carbonyl (C=O) groups is 2. The molecule has 0 aliphatic heterocycles. The molecule has 27 heavy (non-hydrogen) atoms. The van der Waals surface area contributed by atoms with Crippen LogP contribution in [0.1, 0.15) is 13.8 Å². The number of fused-ring (bicyclic) bond motifs is 1. The predicted octanol–water partition coefficient (Wildman–Crippen LogP) is 2.96. The Kier molecular flexibility index (Phi) is 5.62. The summed E-state index contributed by atoms with van der Waals surface area (Å²) in [7, 11) is 0. The number of hydrogen-bond acceptors (Lipinski definition) is 6. The molecule has 0 spiro atoms. The van der Waals surface area contributed by atoms with Crippen molar-refractivity contribution in [2.45, 2.75) is 24.3 Å². The minimum atomic E-state index is -0.908. The molecule has 3 rings (SSSR count). The average Bonchev–Trinajstić information content (AvgIpc) is 3.04. The maximum Gasteiger partial charge on any atom is 0.318 e. The molecule has 3 aromatic rings. The van der Waals surface area contributed by atoms with E-state index in [1.54, 1.807) is 0 Å². The smallest absolute Gasteiger partial charge is 0.318 e. The van der Waals surface area contributed by atoms with Gasteiger partial charge in [0.25, 0.3) is 5.56 Å². The number of amides is 3. The van der Waals surface area contributed by atoms with Crippen LogP contribution >= 0.6 is 23.1 Å². The fourth-order valence-corrected chi connectivity index (χ4v) is 4.60. The number of primary amides is 1. The number of benzene rings is 1. The standard InChI is InChI=1S/C18H18N4O3S2/c1-9(2)13(15(24)20-17(19)25)27-18-21-14(23)12-11(8-26-16(12)22-18)10-6-4-3-5-7-10/h3-9,13H,1-2H3,(H,21,22,23)(H3,19,20,24,25)/t13-/m1/s1. The lowest BCUT2D eigenvalue weighted by atomic mass is 10.1. The van der Waals surface area contributed by atoms with Crippen molar-refractivity contribution in [3.8, 4) is 11.1 Å². The highest BCUT2D eigenvalue weighted by Gasteiger charge is 2.26. The molecule has 1 aromatic carbocycles. The number of nitrogens with two attached hydrogens (primary N) is 1. The number of H-pyrrole nitrogens is 1. The number of carbonyl (C=O) groups excluding carboxylic acids is 2. The van der Waals surface area contributed by atoms with Crippen molar-refractivity contribution >= 4 is 45.3 Å². The van der Waals surface area contributed by atoms with Gasteiger partial charge >= 0.3 is 6.03 Å². The van der Waals surface area contributed by atoms with Crippen LogP contribution in [0.2, 0.25) is 0 Å². The Hall–Kier alpha value is -2.65. The molecular formula is C18H18N4O3S2. The van der Waals surface area contributed by atoms with E-state index in [1.165, 1.54) is 11.3 Å². The second-order valence-corrected chi connectivity index (χ2v) is 8.19. The van der Waals surface area contributed by atoms with E-state index in [9.17, 15) is 14.4 Å². The van der Waals surface area contributed by atoms with Crippen molar-refractivity contribution in [1.29, 1.82) is 0 Å². The van der Waals surface area contributed by atoms with Crippen LogP contribution in [-0.2, 0) is 4.79 Å². The molecule has 4 N–H and O–H groups in total. The highest BCUT2D eigenvalue weighted by Crippen LogP contribution is 2.32. The molecule has 1 atom stereocenters. The molecule has 0 fully saturated rings. The first-order valence-corrected chi connectivity index (χ1v) is 9.96. The second kappa shape index (κ2) is 7.93. The van der Waals surface area contributed by atoms with Gasteiger partial charge in [-0.2, -0.15) is 0 Å². The number of aromatic amines is 1. The van der Waals surface area contributed by atoms with Gasteiger partial charge in [0.1, 0.15) is 4.83 Å². The van der Waals surface area contributed by atoms with Gasteiger partial charge in [-0.25, -0.2) is 9.78 Å². The topological polar surface area (TPSA) is 118 Å². The third-order valence-electron chi connectivity index (χ3n) is 3.86. The van der Waals surface area contributed by atoms with Crippen molar-refractivity contribution in [3.05, 3.63) is 46.1 Å². The summed E-state index contributed by atoms with van der Waals surface area (Å²) in [5.41, 5.74) is 6.53. The maximum absolute atomic E-state index is 12.7. The highest BCUT2D eigenvalue weighted by molar-refractivity contribution is 8.00. The molecule has 2 aromatic heterocycles. The molecule has 0 unspecified atom stereocenters. The van der Waals surface area contributed by atoms with Gasteiger partial charge in [-0.1, -0.05) is 55.9 Å². The molecule has 9 heteroatoms. The number of imide groups is 1. The fourth-order valence-electron chi connectivity index (χ4n) is 2.62. The summed E-state index contributed by atoms with van der Waals surface area (Å²) in [6.07, 6.45) is 0. The first-order valence-electron chi connectivity index (χ1n) is 8.20. The third-order valence-corrected chi connectivity index (χ3v) is 6.16. The van der Waals surface area contributed by atoms with Gasteiger partial charge < -0.3 is 10.7 Å². The van der Waals surface area contributed by atoms with Gasteiger partial charge in [0.2, 0.25) is 5.91 Å². The summed E-state index contributed by atoms with van der Waals surface area (Å²) in [5, 5.41) is 4.22. The Morgan fingerprint density at radius 1 is 1.26 bits per heavy atom. The second-order valence-electron chi connectivity index (χ2n) is 6.20. The van der Waals surface area contributed by atoms with Crippen LogP contribution in [0.15, 0.2) is 45.7 Å². The van der Waals surface area contributed by atoms with Crippen LogP contribution in [0.3, 0.4) is 0 Å². The molecule has 0 bridgehead atoms. The Morgan fingerprint density at radius 2 is 1.96 bits per heavy atom. The van der Waals surface area contributed by atoms with Crippen LogP contribution in [0.4, 0.5) is 4.79 Å². The average molecular weight is 403 g/mol. The molecule has 3 amide bonds. The van der Waals surface area contributed by atoms with Crippen molar-refractivity contribution in [3.63, 3.8) is 0 Å². The highest BCUT2D eigenvalue weighted by atomic mass is 32.2. The zero-order valence-corrected chi connectivity index (χ0v) is 16.3. The lowest BCUT2D eigenvalue weighted by Crippen LogP contribution is -2.42. The third kappa shape index (κ3) is 4.20. The largest absolute Gasteiger partial charge is 0.351 e. The molecule has 0 aliphatic carbocycles. The van der Waals surface area contributed by atoms with Crippen LogP contribution in [0.5, 0.6) is 0 Å². The quantitative estimate of drug-likeness (QED) is 0.448. The molecule has 2 heterocycles. The van der Waals surface area contributed by atoms with Gasteiger partial charge in [-0.15, -0.1) is 11.3 Å². The van der Waals surface area contributed by atoms with E-state index in [1.807, 2.05) is 49.6 Å². The van der Waals surface area contributed by atoms with Gasteiger partial charge in [0, 0.05) is 10.9 Å². The molecule has 0 saturated carbocycles. The van der Waals surface area contributed by atoms with Crippen LogP contribution in [0, 0.1) is 5.92 Å². The number of nitrogens with zero attached hydrogens (tertiary/aromatic N) is 1. The number of thiophene rings is 1. The lowest BCUT2D eigenvalue weighted by Gasteiger charge is -2.17. The van der Waals surface area contributed by atoms with E-state index in [4.69, 9.17) is 5.73 Å². The summed E-state index contributed by atoms with van der Waals surface area (Å²) in [6.45, 7) is 3.68. The van der Waals surface area contributed by atoms with Crippen molar-refractivity contribution < 1.29 is 9.59 Å². The van der Waals surface area contributed by atoms with E-state index in [2.05, 4.69) is 15.3 Å². The zero-order valence-electron chi connectivity index (χ0n) is 14.7. The number of thioether (sulfide) groups is 1. The zero-order chi connectivity index (χ0) is 19.6. The molecule has 0 saturated heterocycles. The normalized spacial score (nSPS) is 12.3. The number of aromatic nitrogens is 2. The monoisotopic (exact) mass is 402 g/mol. The minimum Gasteiger partial charge on any atom is -0.351 e. The first kappa shape index (κ1) is 19.1. The van der Waals surface area contributed by atoms with Crippen LogP contribution in [-0.4, -0.2) is 27.2 Å². The molecule has 0 radical (unpaired) electrons. The summed E-state index contributed by atoms with van der Waals surface area (Å²) < 4.78 is 0. The Bertz CT molecular complexity index is 1040. The summed E-state index contributed by atoms with van der Waals surface area (Å²) in [6, 6.07) is 8.70. The van der Waals surface area contributed by atoms with Gasteiger partial charge in [0.15, 0.2) is 5.16 Å². The summed E-state index contributed by atoms with van der Waals surface area (Å²) in [4.78, 5) is 43.7. The minimum absolute atomic E-state index is 0.0986. The fraction of sp³-hybridized carbons (Fsp3) is 0.222. The number of rotatable bonds is 5. The number of urea groups is 1. The van der Waals surface area contributed by atoms with Crippen LogP contribution < -0.4 is 16.6 Å². The Labute approximate surface area is 163 Å². The SMILES string of the molecule is CC(C)[C@@H](Sc1nc2scc(-c3ccccc3)c2c(=O)[nH]1)C(=O)NC(N)=O.